The van der Waals surface area contributed by atoms with Crippen LogP contribution in [0.25, 0.3) is 11.4 Å². The summed E-state index contributed by atoms with van der Waals surface area (Å²) >= 11 is 6.01. The molecule has 0 aliphatic carbocycles. The highest BCUT2D eigenvalue weighted by Crippen LogP contribution is 2.24. The first-order valence-corrected chi connectivity index (χ1v) is 9.74. The molecule has 2 N–H and O–H groups in total. The fourth-order valence-corrected chi connectivity index (χ4v) is 2.98. The van der Waals surface area contributed by atoms with Crippen molar-refractivity contribution in [1.82, 2.24) is 20.8 Å². The van der Waals surface area contributed by atoms with Crippen LogP contribution in [0.3, 0.4) is 0 Å². The Hall–Kier alpha value is -3.26. The second-order valence-electron chi connectivity index (χ2n) is 6.30. The third kappa shape index (κ3) is 5.64. The first-order valence-electron chi connectivity index (χ1n) is 9.37. The van der Waals surface area contributed by atoms with Gasteiger partial charge >= 0.3 is 0 Å². The molecule has 3 aromatic rings. The van der Waals surface area contributed by atoms with Gasteiger partial charge in [-0.3, -0.25) is 4.99 Å². The topological polar surface area (TPSA) is 93.8 Å². The Labute approximate surface area is 180 Å². The number of nitrogens with zero attached hydrogens (tertiary/aromatic N) is 3. The number of hydrogen-bond donors (Lipinski definition) is 2. The van der Waals surface area contributed by atoms with Gasteiger partial charge in [-0.15, -0.1) is 0 Å². The normalized spacial score (nSPS) is 11.3. The Kier molecular flexibility index (Phi) is 7.51. The molecule has 1 heterocycles. The molecule has 0 aliphatic heterocycles. The van der Waals surface area contributed by atoms with E-state index in [1.54, 1.807) is 33.4 Å². The highest BCUT2D eigenvalue weighted by Gasteiger charge is 2.10. The second kappa shape index (κ2) is 10.5. The van der Waals surface area contributed by atoms with E-state index >= 15 is 0 Å². The van der Waals surface area contributed by atoms with E-state index in [4.69, 9.17) is 25.6 Å². The van der Waals surface area contributed by atoms with Crippen LogP contribution >= 0.6 is 11.6 Å². The number of guanidine groups is 1. The molecule has 8 nitrogen and oxygen atoms in total. The molecule has 0 bridgehead atoms. The number of rotatable bonds is 8. The first kappa shape index (κ1) is 21.4. The molecular formula is C21H24ClN5O3. The van der Waals surface area contributed by atoms with Gasteiger partial charge in [0.15, 0.2) is 5.96 Å². The average Bonchev–Trinajstić information content (AvgIpc) is 3.25. The Bertz CT molecular complexity index is 1010. The fraction of sp³-hybridized carbons (Fsp3) is 0.286. The van der Waals surface area contributed by atoms with Crippen molar-refractivity contribution in [1.29, 1.82) is 0 Å². The zero-order valence-corrected chi connectivity index (χ0v) is 17.9. The minimum atomic E-state index is 0.515. The number of aliphatic imine (C=N–C) groups is 1. The zero-order valence-electron chi connectivity index (χ0n) is 17.1. The molecule has 0 saturated heterocycles. The van der Waals surface area contributed by atoms with Crippen molar-refractivity contribution < 1.29 is 14.0 Å². The molecule has 30 heavy (non-hydrogen) atoms. The lowest BCUT2D eigenvalue weighted by Gasteiger charge is -2.14. The number of methoxy groups -OCH3 is 2. The number of benzene rings is 2. The molecule has 2 aromatic carbocycles. The lowest BCUT2D eigenvalue weighted by Crippen LogP contribution is -2.37. The van der Waals surface area contributed by atoms with Crippen LogP contribution in [0.4, 0.5) is 0 Å². The number of ether oxygens (including phenoxy) is 2. The second-order valence-corrected chi connectivity index (χ2v) is 6.74. The van der Waals surface area contributed by atoms with Gasteiger partial charge in [0.1, 0.15) is 11.5 Å². The van der Waals surface area contributed by atoms with Gasteiger partial charge in [-0.2, -0.15) is 4.98 Å². The van der Waals surface area contributed by atoms with Crippen molar-refractivity contribution in [3.8, 4) is 22.9 Å². The van der Waals surface area contributed by atoms with Crippen molar-refractivity contribution in [3.05, 3.63) is 58.9 Å². The van der Waals surface area contributed by atoms with Crippen LogP contribution in [0.1, 0.15) is 11.5 Å². The molecule has 0 spiro atoms. The summed E-state index contributed by atoms with van der Waals surface area (Å²) in [5.74, 6) is 3.19. The van der Waals surface area contributed by atoms with Crippen LogP contribution in [-0.4, -0.2) is 43.9 Å². The Morgan fingerprint density at radius 3 is 2.73 bits per heavy atom. The molecule has 1 aromatic heterocycles. The summed E-state index contributed by atoms with van der Waals surface area (Å²) in [6.45, 7) is 1.13. The van der Waals surface area contributed by atoms with Crippen molar-refractivity contribution in [2.45, 2.75) is 13.0 Å². The Morgan fingerprint density at radius 1 is 1.13 bits per heavy atom. The van der Waals surface area contributed by atoms with E-state index in [9.17, 15) is 0 Å². The monoisotopic (exact) mass is 429 g/mol. The molecule has 0 amide bonds. The maximum Gasteiger partial charge on any atom is 0.228 e. The molecule has 3 rings (SSSR count). The lowest BCUT2D eigenvalue weighted by molar-refractivity contribution is 0.378. The Morgan fingerprint density at radius 2 is 2.00 bits per heavy atom. The highest BCUT2D eigenvalue weighted by atomic mass is 35.5. The maximum absolute atomic E-state index is 6.01. The third-order valence-electron chi connectivity index (χ3n) is 4.35. The van der Waals surface area contributed by atoms with E-state index < -0.39 is 0 Å². The van der Waals surface area contributed by atoms with Gasteiger partial charge in [0.05, 0.1) is 14.2 Å². The third-order valence-corrected chi connectivity index (χ3v) is 4.58. The van der Waals surface area contributed by atoms with Gasteiger partial charge < -0.3 is 24.6 Å². The minimum Gasteiger partial charge on any atom is -0.497 e. The van der Waals surface area contributed by atoms with Gasteiger partial charge in [-0.25, -0.2) is 0 Å². The number of hydrogen-bond acceptors (Lipinski definition) is 6. The zero-order chi connectivity index (χ0) is 21.3. The summed E-state index contributed by atoms with van der Waals surface area (Å²) in [5, 5.41) is 11.1. The largest absolute Gasteiger partial charge is 0.497 e. The number of halogens is 1. The quantitative estimate of drug-likeness (QED) is 0.419. The summed E-state index contributed by atoms with van der Waals surface area (Å²) in [4.78, 5) is 8.65. The number of nitrogens with one attached hydrogen (secondary N) is 2. The van der Waals surface area contributed by atoms with E-state index in [0.29, 0.717) is 42.2 Å². The highest BCUT2D eigenvalue weighted by molar-refractivity contribution is 6.30. The van der Waals surface area contributed by atoms with Crippen molar-refractivity contribution >= 4 is 17.6 Å². The van der Waals surface area contributed by atoms with Crippen LogP contribution in [0, 0.1) is 0 Å². The van der Waals surface area contributed by atoms with Crippen molar-refractivity contribution in [3.63, 3.8) is 0 Å². The summed E-state index contributed by atoms with van der Waals surface area (Å²) in [5.41, 5.74) is 1.81. The molecule has 0 unspecified atom stereocenters. The van der Waals surface area contributed by atoms with Gasteiger partial charge in [-0.1, -0.05) is 28.9 Å². The summed E-state index contributed by atoms with van der Waals surface area (Å²) in [6.07, 6.45) is 0.556. The van der Waals surface area contributed by atoms with Crippen LogP contribution < -0.4 is 20.1 Å². The fourth-order valence-electron chi connectivity index (χ4n) is 2.79. The molecule has 9 heteroatoms. The molecule has 0 atom stereocenters. The standard InChI is InChI=1S/C21H24ClN5O3/c1-23-21(25-13-15-7-8-17(28-2)12-18(15)29-3)24-10-9-19-26-20(27-30-19)14-5-4-6-16(22)11-14/h4-8,11-12H,9-10,13H2,1-3H3,(H2,23,24,25). The summed E-state index contributed by atoms with van der Waals surface area (Å²) in [7, 11) is 4.97. The predicted octanol–water partition coefficient (Wildman–Crippen LogP) is 3.31. The average molecular weight is 430 g/mol. The molecule has 158 valence electrons. The van der Waals surface area contributed by atoms with Crippen molar-refractivity contribution in [2.24, 2.45) is 4.99 Å². The van der Waals surface area contributed by atoms with E-state index in [1.165, 1.54) is 0 Å². The first-order chi connectivity index (χ1) is 14.6. The number of aromatic nitrogens is 2. The van der Waals surface area contributed by atoms with E-state index in [-0.39, 0.29) is 0 Å². The Balaban J connectivity index is 1.51. The maximum atomic E-state index is 6.01. The minimum absolute atomic E-state index is 0.515. The van der Waals surface area contributed by atoms with Gasteiger partial charge in [0.25, 0.3) is 0 Å². The lowest BCUT2D eigenvalue weighted by atomic mass is 10.2. The van der Waals surface area contributed by atoms with Gasteiger partial charge in [-0.05, 0) is 24.3 Å². The van der Waals surface area contributed by atoms with Crippen molar-refractivity contribution in [2.75, 3.05) is 27.8 Å². The van der Waals surface area contributed by atoms with Gasteiger partial charge in [0, 0.05) is 48.8 Å². The van der Waals surface area contributed by atoms with Gasteiger partial charge in [0.2, 0.25) is 11.7 Å². The summed E-state index contributed by atoms with van der Waals surface area (Å²) < 4.78 is 16.0. The van der Waals surface area contributed by atoms with Crippen LogP contribution in [-0.2, 0) is 13.0 Å². The van der Waals surface area contributed by atoms with Crippen LogP contribution in [0.2, 0.25) is 5.02 Å². The SMILES string of the molecule is CN=C(NCCc1nc(-c2cccc(Cl)c2)no1)NCc1ccc(OC)cc1OC. The van der Waals surface area contributed by atoms with Crippen LogP contribution in [0.15, 0.2) is 52.0 Å². The smallest absolute Gasteiger partial charge is 0.228 e. The molecule has 0 aliphatic rings. The molecule has 0 saturated carbocycles. The van der Waals surface area contributed by atoms with Crippen LogP contribution in [0.5, 0.6) is 11.5 Å². The molecular weight excluding hydrogens is 406 g/mol. The summed E-state index contributed by atoms with van der Waals surface area (Å²) in [6, 6.07) is 13.0. The molecule has 0 radical (unpaired) electrons. The van der Waals surface area contributed by atoms with E-state index in [0.717, 1.165) is 22.6 Å². The molecule has 0 fully saturated rings. The predicted molar refractivity (Wildman–Crippen MR) is 116 cm³/mol. The van der Waals surface area contributed by atoms with E-state index in [2.05, 4.69) is 25.8 Å². The van der Waals surface area contributed by atoms with E-state index in [1.807, 2.05) is 30.3 Å².